The summed E-state index contributed by atoms with van der Waals surface area (Å²) < 4.78 is 28.0. The van der Waals surface area contributed by atoms with E-state index in [4.69, 9.17) is 0 Å². The fourth-order valence-electron chi connectivity index (χ4n) is 3.08. The molecule has 0 spiro atoms. The molecule has 0 bridgehead atoms. The lowest BCUT2D eigenvalue weighted by atomic mass is 10.1. The smallest absolute Gasteiger partial charge is 0.159 e. The maximum Gasteiger partial charge on any atom is 0.159 e. The summed E-state index contributed by atoms with van der Waals surface area (Å²) in [6.07, 6.45) is 5.03. The Hall–Kier alpha value is -1.79. The molecule has 1 aromatic carbocycles. The largest absolute Gasteiger partial charge is 0.387 e. The van der Waals surface area contributed by atoms with Crippen molar-refractivity contribution in [1.82, 2.24) is 14.7 Å². The summed E-state index contributed by atoms with van der Waals surface area (Å²) in [6, 6.07) is 3.76. The van der Waals surface area contributed by atoms with Crippen LogP contribution in [0.5, 0.6) is 0 Å². The van der Waals surface area contributed by atoms with Crippen LogP contribution >= 0.6 is 0 Å². The molecule has 3 rings (SSSR count). The number of likely N-dealkylation sites (tertiary alicyclic amines) is 1. The lowest BCUT2D eigenvalue weighted by molar-refractivity contribution is 0.106. The molecule has 1 fully saturated rings. The number of aliphatic hydroxyl groups is 1. The monoisotopic (exact) mass is 307 g/mol. The Bertz CT molecular complexity index is 659. The van der Waals surface area contributed by atoms with Crippen molar-refractivity contribution in [2.24, 2.45) is 7.05 Å². The molecule has 0 unspecified atom stereocenters. The summed E-state index contributed by atoms with van der Waals surface area (Å²) in [5.74, 6) is -1.83. The molecule has 1 aliphatic rings. The van der Waals surface area contributed by atoms with Crippen LogP contribution in [-0.2, 0) is 7.05 Å². The Morgan fingerprint density at radius 2 is 2.18 bits per heavy atom. The van der Waals surface area contributed by atoms with Crippen LogP contribution in [0.2, 0.25) is 0 Å². The van der Waals surface area contributed by atoms with Crippen molar-refractivity contribution in [3.63, 3.8) is 0 Å². The van der Waals surface area contributed by atoms with Crippen molar-refractivity contribution in [3.05, 3.63) is 53.4 Å². The lowest BCUT2D eigenvalue weighted by Gasteiger charge is -2.26. The summed E-state index contributed by atoms with van der Waals surface area (Å²) in [5, 5.41) is 14.5. The highest BCUT2D eigenvalue weighted by atomic mass is 19.2. The van der Waals surface area contributed by atoms with Crippen LogP contribution < -0.4 is 0 Å². The second-order valence-electron chi connectivity index (χ2n) is 5.79. The molecule has 2 atom stereocenters. The van der Waals surface area contributed by atoms with Crippen molar-refractivity contribution in [2.75, 3.05) is 13.1 Å². The molecular formula is C16H19F2N3O. The molecule has 0 amide bonds. The van der Waals surface area contributed by atoms with Crippen LogP contribution in [0.15, 0.2) is 30.6 Å². The molecule has 1 N–H and O–H groups in total. The van der Waals surface area contributed by atoms with E-state index in [1.807, 2.05) is 19.4 Å². The Labute approximate surface area is 128 Å². The van der Waals surface area contributed by atoms with Crippen LogP contribution in [0.3, 0.4) is 0 Å². The van der Waals surface area contributed by atoms with E-state index in [-0.39, 0.29) is 6.04 Å². The normalized spacial score (nSPS) is 20.5. The third-order valence-corrected chi connectivity index (χ3v) is 4.21. The van der Waals surface area contributed by atoms with Gasteiger partial charge in [0.1, 0.15) is 0 Å². The molecule has 0 radical (unpaired) electrons. The first-order chi connectivity index (χ1) is 10.5. The molecule has 2 aromatic rings. The molecule has 22 heavy (non-hydrogen) atoms. The SMILES string of the molecule is Cn1cc([C@H]2CCCN2C[C@@H](O)c2ccc(F)c(F)c2)cn1. The minimum atomic E-state index is -0.929. The van der Waals surface area contributed by atoms with Crippen molar-refractivity contribution < 1.29 is 13.9 Å². The number of rotatable bonds is 4. The molecule has 2 heterocycles. The molecule has 1 aromatic heterocycles. The number of aliphatic hydroxyl groups excluding tert-OH is 1. The van der Waals surface area contributed by atoms with E-state index >= 15 is 0 Å². The van der Waals surface area contributed by atoms with Crippen LogP contribution in [-0.4, -0.2) is 32.9 Å². The number of benzene rings is 1. The first-order valence-corrected chi connectivity index (χ1v) is 7.40. The van der Waals surface area contributed by atoms with Gasteiger partial charge in [-0.3, -0.25) is 9.58 Å². The van der Waals surface area contributed by atoms with Crippen LogP contribution in [0.25, 0.3) is 0 Å². The highest BCUT2D eigenvalue weighted by molar-refractivity contribution is 5.21. The molecule has 0 aliphatic carbocycles. The van der Waals surface area contributed by atoms with E-state index in [0.717, 1.165) is 37.1 Å². The second-order valence-corrected chi connectivity index (χ2v) is 5.79. The summed E-state index contributed by atoms with van der Waals surface area (Å²) in [4.78, 5) is 2.17. The maximum absolute atomic E-state index is 13.3. The lowest BCUT2D eigenvalue weighted by Crippen LogP contribution is -2.28. The topological polar surface area (TPSA) is 41.3 Å². The van der Waals surface area contributed by atoms with Crippen molar-refractivity contribution in [1.29, 1.82) is 0 Å². The molecule has 118 valence electrons. The van der Waals surface area contributed by atoms with Crippen molar-refractivity contribution >= 4 is 0 Å². The van der Waals surface area contributed by atoms with Gasteiger partial charge in [0.15, 0.2) is 11.6 Å². The first kappa shape index (κ1) is 15.1. The van der Waals surface area contributed by atoms with Crippen LogP contribution in [0.4, 0.5) is 8.78 Å². The number of aromatic nitrogens is 2. The van der Waals surface area contributed by atoms with Crippen molar-refractivity contribution in [3.8, 4) is 0 Å². The second kappa shape index (κ2) is 6.14. The Kier molecular flexibility index (Phi) is 4.22. The molecule has 0 saturated carbocycles. The maximum atomic E-state index is 13.3. The third-order valence-electron chi connectivity index (χ3n) is 4.21. The van der Waals surface area contributed by atoms with Gasteiger partial charge >= 0.3 is 0 Å². The highest BCUT2D eigenvalue weighted by Gasteiger charge is 2.28. The van der Waals surface area contributed by atoms with Crippen LogP contribution in [0.1, 0.15) is 36.1 Å². The predicted octanol–water partition coefficient (Wildman–Crippen LogP) is 2.57. The average molecular weight is 307 g/mol. The zero-order valence-corrected chi connectivity index (χ0v) is 12.4. The molecular weight excluding hydrogens is 288 g/mol. The predicted molar refractivity (Wildman–Crippen MR) is 78.1 cm³/mol. The van der Waals surface area contributed by atoms with Gasteiger partial charge in [0, 0.05) is 31.4 Å². The Balaban J connectivity index is 1.72. The van der Waals surface area contributed by atoms with Gasteiger partial charge in [-0.2, -0.15) is 5.10 Å². The van der Waals surface area contributed by atoms with Crippen LogP contribution in [0, 0.1) is 11.6 Å². The fourth-order valence-corrected chi connectivity index (χ4v) is 3.08. The Morgan fingerprint density at radius 3 is 2.86 bits per heavy atom. The zero-order chi connectivity index (χ0) is 15.7. The summed E-state index contributed by atoms with van der Waals surface area (Å²) in [6.45, 7) is 1.27. The fraction of sp³-hybridized carbons (Fsp3) is 0.438. The average Bonchev–Trinajstić information content (AvgIpc) is 3.10. The number of hydrogen-bond donors (Lipinski definition) is 1. The summed E-state index contributed by atoms with van der Waals surface area (Å²) in [7, 11) is 1.87. The number of hydrogen-bond acceptors (Lipinski definition) is 3. The molecule has 1 aliphatic heterocycles. The van der Waals surface area contributed by atoms with Gasteiger partial charge in [-0.05, 0) is 37.1 Å². The van der Waals surface area contributed by atoms with Gasteiger partial charge < -0.3 is 5.11 Å². The minimum absolute atomic E-state index is 0.216. The quantitative estimate of drug-likeness (QED) is 0.944. The first-order valence-electron chi connectivity index (χ1n) is 7.40. The number of aryl methyl sites for hydroxylation is 1. The van der Waals surface area contributed by atoms with Crippen molar-refractivity contribution in [2.45, 2.75) is 25.0 Å². The number of halogens is 2. The molecule has 4 nitrogen and oxygen atoms in total. The van der Waals surface area contributed by atoms with E-state index in [0.29, 0.717) is 12.1 Å². The minimum Gasteiger partial charge on any atom is -0.387 e. The molecule has 6 heteroatoms. The molecule has 1 saturated heterocycles. The van der Waals surface area contributed by atoms with Gasteiger partial charge in [0.25, 0.3) is 0 Å². The highest BCUT2D eigenvalue weighted by Crippen LogP contribution is 2.33. The van der Waals surface area contributed by atoms with E-state index in [2.05, 4.69) is 10.00 Å². The van der Waals surface area contributed by atoms with Gasteiger partial charge in [-0.15, -0.1) is 0 Å². The van der Waals surface area contributed by atoms with E-state index < -0.39 is 17.7 Å². The number of nitrogens with zero attached hydrogens (tertiary/aromatic N) is 3. The van der Waals surface area contributed by atoms with E-state index in [9.17, 15) is 13.9 Å². The van der Waals surface area contributed by atoms with Gasteiger partial charge in [-0.1, -0.05) is 6.07 Å². The number of β-amino-alcohol motifs (C(OH)–C–C–N with tert-alkyl or cyclic N) is 1. The standard InChI is InChI=1S/C16H19F2N3O/c1-20-9-12(8-19-20)15-3-2-6-21(15)10-16(22)11-4-5-13(17)14(18)7-11/h4-5,7-9,15-16,22H,2-3,6,10H2,1H3/t15-,16-/m1/s1. The Morgan fingerprint density at radius 1 is 1.36 bits per heavy atom. The van der Waals surface area contributed by atoms with Gasteiger partial charge in [0.2, 0.25) is 0 Å². The van der Waals surface area contributed by atoms with Gasteiger partial charge in [-0.25, -0.2) is 8.78 Å². The van der Waals surface area contributed by atoms with Gasteiger partial charge in [0.05, 0.1) is 12.3 Å². The zero-order valence-electron chi connectivity index (χ0n) is 12.4. The summed E-state index contributed by atoms with van der Waals surface area (Å²) in [5.41, 5.74) is 1.52. The van der Waals surface area contributed by atoms with E-state index in [1.165, 1.54) is 6.07 Å². The van der Waals surface area contributed by atoms with E-state index in [1.54, 1.807) is 4.68 Å². The third kappa shape index (κ3) is 3.03. The summed E-state index contributed by atoms with van der Waals surface area (Å²) >= 11 is 0.